The zero-order valence-corrected chi connectivity index (χ0v) is 16.9. The second-order valence-corrected chi connectivity index (χ2v) is 10.0. The van der Waals surface area contributed by atoms with E-state index in [1.54, 1.807) is 23.1 Å². The predicted molar refractivity (Wildman–Crippen MR) is 103 cm³/mol. The molecule has 1 aromatic rings. The number of sulfone groups is 1. The summed E-state index contributed by atoms with van der Waals surface area (Å²) in [6, 6.07) is 4.59. The van der Waals surface area contributed by atoms with Crippen molar-refractivity contribution in [2.24, 2.45) is 5.92 Å². The molecular formula is C18H25ClN2O4S. The molecule has 2 saturated heterocycles. The fourth-order valence-corrected chi connectivity index (χ4v) is 6.00. The average Bonchev–Trinajstić information content (AvgIpc) is 2.87. The summed E-state index contributed by atoms with van der Waals surface area (Å²) in [6.07, 6.45) is 0.935. The highest BCUT2D eigenvalue weighted by Crippen LogP contribution is 2.35. The Hall–Kier alpha value is -1.31. The van der Waals surface area contributed by atoms with Crippen molar-refractivity contribution in [3.05, 3.63) is 23.2 Å². The van der Waals surface area contributed by atoms with Crippen molar-refractivity contribution in [1.29, 1.82) is 0 Å². The first-order valence-electron chi connectivity index (χ1n) is 8.82. The van der Waals surface area contributed by atoms with Crippen LogP contribution in [0.2, 0.25) is 5.02 Å². The standard InChI is InChI=1S/C18H25ClN2O4S/c1-12(2)6-7-20-9-18(22)21(16-11-26(23,24)10-15(16)20)13-4-5-17(25-3)14(19)8-13/h4-5,8,12,15-16H,6-7,9-11H2,1-3H3/t15-,16+/m0/s1. The molecule has 0 N–H and O–H groups in total. The molecule has 2 aliphatic rings. The van der Waals surface area contributed by atoms with Crippen LogP contribution in [-0.2, 0) is 14.6 Å². The van der Waals surface area contributed by atoms with Gasteiger partial charge in [-0.15, -0.1) is 0 Å². The van der Waals surface area contributed by atoms with Crippen molar-refractivity contribution >= 4 is 33.0 Å². The first-order valence-corrected chi connectivity index (χ1v) is 11.0. The number of halogens is 1. The number of hydrogen-bond acceptors (Lipinski definition) is 5. The van der Waals surface area contributed by atoms with E-state index in [1.165, 1.54) is 7.11 Å². The Kier molecular flexibility index (Phi) is 5.51. The molecule has 6 nitrogen and oxygen atoms in total. The van der Waals surface area contributed by atoms with Crippen LogP contribution >= 0.6 is 11.6 Å². The number of methoxy groups -OCH3 is 1. The van der Waals surface area contributed by atoms with Gasteiger partial charge in [0.1, 0.15) is 5.75 Å². The molecule has 2 aliphatic heterocycles. The van der Waals surface area contributed by atoms with Crippen LogP contribution in [0.1, 0.15) is 20.3 Å². The number of carbonyl (C=O) groups excluding carboxylic acids is 1. The third-order valence-electron chi connectivity index (χ3n) is 5.11. The zero-order valence-electron chi connectivity index (χ0n) is 15.3. The van der Waals surface area contributed by atoms with E-state index in [2.05, 4.69) is 13.8 Å². The van der Waals surface area contributed by atoms with Gasteiger partial charge >= 0.3 is 0 Å². The van der Waals surface area contributed by atoms with Crippen molar-refractivity contribution in [3.63, 3.8) is 0 Å². The van der Waals surface area contributed by atoms with Gasteiger partial charge < -0.3 is 9.64 Å². The Bertz CT molecular complexity index is 796. The third-order valence-corrected chi connectivity index (χ3v) is 7.10. The molecular weight excluding hydrogens is 376 g/mol. The van der Waals surface area contributed by atoms with Crippen molar-refractivity contribution < 1.29 is 17.9 Å². The normalized spacial score (nSPS) is 25.6. The van der Waals surface area contributed by atoms with Gasteiger partial charge in [0.15, 0.2) is 9.84 Å². The van der Waals surface area contributed by atoms with Crippen LogP contribution in [-0.4, -0.2) is 63.0 Å². The molecule has 2 fully saturated rings. The number of carbonyl (C=O) groups is 1. The van der Waals surface area contributed by atoms with Gasteiger partial charge in [0.05, 0.1) is 36.2 Å². The summed E-state index contributed by atoms with van der Waals surface area (Å²) in [5.41, 5.74) is 0.622. The van der Waals surface area contributed by atoms with Gasteiger partial charge in [0.2, 0.25) is 5.91 Å². The summed E-state index contributed by atoms with van der Waals surface area (Å²) in [4.78, 5) is 16.5. The van der Waals surface area contributed by atoms with Gasteiger partial charge in [-0.1, -0.05) is 25.4 Å². The summed E-state index contributed by atoms with van der Waals surface area (Å²) in [5.74, 6) is 1.02. The highest BCUT2D eigenvalue weighted by molar-refractivity contribution is 7.91. The number of hydrogen-bond donors (Lipinski definition) is 0. The number of ether oxygens (including phenoxy) is 1. The summed E-state index contributed by atoms with van der Waals surface area (Å²) >= 11 is 6.22. The topological polar surface area (TPSA) is 66.9 Å². The summed E-state index contributed by atoms with van der Waals surface area (Å²) in [5, 5.41) is 0.400. The molecule has 2 atom stereocenters. The van der Waals surface area contributed by atoms with Crippen LogP contribution in [0.15, 0.2) is 18.2 Å². The lowest BCUT2D eigenvalue weighted by atomic mass is 10.0. The van der Waals surface area contributed by atoms with Crippen LogP contribution in [0.25, 0.3) is 0 Å². The summed E-state index contributed by atoms with van der Waals surface area (Å²) in [6.45, 7) is 5.21. The second-order valence-electron chi connectivity index (χ2n) is 7.45. The Morgan fingerprint density at radius 3 is 2.58 bits per heavy atom. The van der Waals surface area contributed by atoms with Gasteiger partial charge in [-0.3, -0.25) is 9.69 Å². The molecule has 144 valence electrons. The van der Waals surface area contributed by atoms with E-state index >= 15 is 0 Å². The number of rotatable bonds is 5. The monoisotopic (exact) mass is 400 g/mol. The maximum atomic E-state index is 12.9. The van der Waals surface area contributed by atoms with E-state index in [1.807, 2.05) is 4.90 Å². The maximum Gasteiger partial charge on any atom is 0.241 e. The minimum atomic E-state index is -3.18. The number of anilines is 1. The van der Waals surface area contributed by atoms with E-state index < -0.39 is 9.84 Å². The van der Waals surface area contributed by atoms with E-state index in [0.717, 1.165) is 13.0 Å². The quantitative estimate of drug-likeness (QED) is 0.758. The molecule has 0 unspecified atom stereocenters. The smallest absolute Gasteiger partial charge is 0.241 e. The van der Waals surface area contributed by atoms with Crippen molar-refractivity contribution in [2.45, 2.75) is 32.4 Å². The summed E-state index contributed by atoms with van der Waals surface area (Å²) in [7, 11) is -1.65. The zero-order chi connectivity index (χ0) is 19.1. The molecule has 0 bridgehead atoms. The van der Waals surface area contributed by atoms with Gasteiger partial charge in [-0.05, 0) is 37.1 Å². The lowest BCUT2D eigenvalue weighted by Crippen LogP contribution is -2.62. The van der Waals surface area contributed by atoms with Gasteiger partial charge in [0.25, 0.3) is 0 Å². The maximum absolute atomic E-state index is 12.9. The number of benzene rings is 1. The Morgan fingerprint density at radius 1 is 1.27 bits per heavy atom. The van der Waals surface area contributed by atoms with Gasteiger partial charge in [-0.2, -0.15) is 0 Å². The van der Waals surface area contributed by atoms with Crippen molar-refractivity contribution in [3.8, 4) is 5.75 Å². The van der Waals surface area contributed by atoms with Crippen molar-refractivity contribution in [1.82, 2.24) is 4.90 Å². The lowest BCUT2D eigenvalue weighted by Gasteiger charge is -2.43. The Balaban J connectivity index is 1.92. The molecule has 0 saturated carbocycles. The van der Waals surface area contributed by atoms with Crippen molar-refractivity contribution in [2.75, 3.05) is 36.6 Å². The van der Waals surface area contributed by atoms with Crippen LogP contribution in [0.4, 0.5) is 5.69 Å². The molecule has 1 amide bonds. The number of nitrogens with zero attached hydrogens (tertiary/aromatic N) is 2. The van der Waals surface area contributed by atoms with Crippen LogP contribution in [0, 0.1) is 5.92 Å². The molecule has 8 heteroatoms. The molecule has 2 heterocycles. The highest BCUT2D eigenvalue weighted by atomic mass is 35.5. The minimum absolute atomic E-state index is 0.00870. The van der Waals surface area contributed by atoms with E-state index in [9.17, 15) is 13.2 Å². The molecule has 0 aliphatic carbocycles. The summed E-state index contributed by atoms with van der Waals surface area (Å²) < 4.78 is 29.8. The van der Waals surface area contributed by atoms with E-state index in [4.69, 9.17) is 16.3 Å². The van der Waals surface area contributed by atoms with Crippen LogP contribution in [0.3, 0.4) is 0 Å². The van der Waals surface area contributed by atoms with Gasteiger partial charge in [0, 0.05) is 11.7 Å². The second kappa shape index (κ2) is 7.37. The number of amides is 1. The van der Waals surface area contributed by atoms with Gasteiger partial charge in [-0.25, -0.2) is 8.42 Å². The molecule has 0 radical (unpaired) electrons. The average molecular weight is 401 g/mol. The SMILES string of the molecule is COc1ccc(N2C(=O)CN(CCC(C)C)[C@H]3CS(=O)(=O)C[C@H]32)cc1Cl. The molecule has 0 spiro atoms. The highest BCUT2D eigenvalue weighted by Gasteiger charge is 2.49. The fraction of sp³-hybridized carbons (Fsp3) is 0.611. The van der Waals surface area contributed by atoms with E-state index in [-0.39, 0.29) is 36.0 Å². The minimum Gasteiger partial charge on any atom is -0.495 e. The number of fused-ring (bicyclic) bond motifs is 1. The Morgan fingerprint density at radius 2 is 1.96 bits per heavy atom. The largest absolute Gasteiger partial charge is 0.495 e. The van der Waals surface area contributed by atoms with E-state index in [0.29, 0.717) is 22.4 Å². The van der Waals surface area contributed by atoms with Crippen LogP contribution in [0.5, 0.6) is 5.75 Å². The lowest BCUT2D eigenvalue weighted by molar-refractivity contribution is -0.123. The molecule has 0 aromatic heterocycles. The molecule has 3 rings (SSSR count). The first-order chi connectivity index (χ1) is 12.2. The predicted octanol–water partition coefficient (Wildman–Crippen LogP) is 2.21. The first kappa shape index (κ1) is 19.5. The Labute approximate surface area is 160 Å². The molecule has 26 heavy (non-hydrogen) atoms. The number of piperazine rings is 1. The molecule has 1 aromatic carbocycles. The fourth-order valence-electron chi connectivity index (χ4n) is 3.77. The third kappa shape index (κ3) is 3.85. The van der Waals surface area contributed by atoms with Crippen LogP contribution < -0.4 is 9.64 Å².